The van der Waals surface area contributed by atoms with Crippen LogP contribution in [0.3, 0.4) is 0 Å². The molecule has 5 rings (SSSR count). The van der Waals surface area contributed by atoms with Crippen LogP contribution in [0.25, 0.3) is 43.6 Å². The molecule has 0 saturated heterocycles. The van der Waals surface area contributed by atoms with Gasteiger partial charge in [0.05, 0.1) is 0 Å². The summed E-state index contributed by atoms with van der Waals surface area (Å²) in [4.78, 5) is 4.70. The van der Waals surface area contributed by atoms with Gasteiger partial charge in [-0.3, -0.25) is 0 Å². The van der Waals surface area contributed by atoms with E-state index < -0.39 is 0 Å². The summed E-state index contributed by atoms with van der Waals surface area (Å²) < 4.78 is 0. The van der Waals surface area contributed by atoms with Crippen LogP contribution in [0.4, 0.5) is 0 Å². The van der Waals surface area contributed by atoms with Crippen LogP contribution in [0.5, 0.6) is 0 Å². The maximum atomic E-state index is 4.70. The molecule has 0 unspecified atom stereocenters. The van der Waals surface area contributed by atoms with E-state index in [1.807, 2.05) is 24.4 Å². The molecule has 1 heterocycles. The van der Waals surface area contributed by atoms with Gasteiger partial charge in [-0.2, -0.15) is 0 Å². The second kappa shape index (κ2) is 6.40. The van der Waals surface area contributed by atoms with Gasteiger partial charge in [0.25, 0.3) is 0 Å². The Hall–Kier alpha value is -2.54. The minimum Gasteiger partial charge on any atom is -0.304 e. The van der Waals surface area contributed by atoms with Crippen molar-refractivity contribution in [2.75, 3.05) is 0 Å². The van der Waals surface area contributed by atoms with Crippen LogP contribution < -0.4 is 0 Å². The summed E-state index contributed by atoms with van der Waals surface area (Å²) in [5.41, 5.74) is 1.99. The molecule has 121 valence electrons. The third-order valence-electron chi connectivity index (χ3n) is 4.61. The first-order chi connectivity index (χ1) is 11.9. The van der Waals surface area contributed by atoms with Crippen molar-refractivity contribution in [2.24, 2.45) is 0 Å². The Balaban J connectivity index is 0.00000157. The maximum Gasteiger partial charge on any atom is 0.0245 e. The Kier molecular flexibility index (Phi) is 4.09. The Labute approximate surface area is 159 Å². The van der Waals surface area contributed by atoms with Crippen molar-refractivity contribution in [2.45, 2.75) is 0 Å². The van der Waals surface area contributed by atoms with E-state index in [9.17, 15) is 0 Å². The van der Waals surface area contributed by atoms with E-state index >= 15 is 0 Å². The zero-order valence-corrected chi connectivity index (χ0v) is 15.8. The van der Waals surface area contributed by atoms with Crippen molar-refractivity contribution in [3.63, 3.8) is 0 Å². The van der Waals surface area contributed by atoms with E-state index in [4.69, 9.17) is 4.98 Å². The molecule has 0 amide bonds. The van der Waals surface area contributed by atoms with Crippen LogP contribution in [0.2, 0.25) is 0 Å². The molecule has 0 N–H and O–H groups in total. The van der Waals surface area contributed by atoms with Crippen molar-refractivity contribution in [1.29, 1.82) is 0 Å². The molecule has 0 aliphatic heterocycles. The van der Waals surface area contributed by atoms with E-state index in [2.05, 4.69) is 66.7 Å². The van der Waals surface area contributed by atoms with E-state index in [1.54, 1.807) is 0 Å². The summed E-state index contributed by atoms with van der Waals surface area (Å²) in [5.74, 6) is 0. The minimum absolute atomic E-state index is 0. The van der Waals surface area contributed by atoms with Gasteiger partial charge in [0.1, 0.15) is 0 Å². The first kappa shape index (κ1) is 16.0. The number of aromatic nitrogens is 1. The molecule has 5 aromatic rings. The number of fused-ring (bicyclic) bond motifs is 6. The van der Waals surface area contributed by atoms with Crippen LogP contribution in [0.1, 0.15) is 0 Å². The summed E-state index contributed by atoms with van der Waals surface area (Å²) in [6.45, 7) is 0. The van der Waals surface area contributed by atoms with Gasteiger partial charge >= 0.3 is 0 Å². The topological polar surface area (TPSA) is 12.9 Å². The summed E-state index contributed by atoms with van der Waals surface area (Å²) >= 11 is 0. The van der Waals surface area contributed by atoms with Gasteiger partial charge in [-0.15, -0.1) is 35.9 Å². The Morgan fingerprint density at radius 2 is 1.16 bits per heavy atom. The molecule has 0 spiro atoms. The van der Waals surface area contributed by atoms with Gasteiger partial charge < -0.3 is 4.98 Å². The minimum atomic E-state index is 0. The molecular weight excluding hydrogens is 482 g/mol. The second-order valence-electron chi connectivity index (χ2n) is 5.98. The second-order valence-corrected chi connectivity index (χ2v) is 5.98. The number of nitrogens with zero attached hydrogens (tertiary/aromatic N) is 1. The Bertz CT molecular complexity index is 1160. The summed E-state index contributed by atoms with van der Waals surface area (Å²) in [6.07, 6.45) is 2.00. The number of pyridine rings is 1. The van der Waals surface area contributed by atoms with Gasteiger partial charge in [-0.1, -0.05) is 54.6 Å². The van der Waals surface area contributed by atoms with Gasteiger partial charge in [-0.05, 0) is 32.6 Å². The smallest absolute Gasteiger partial charge is 0.0245 e. The van der Waals surface area contributed by atoms with Crippen molar-refractivity contribution in [1.82, 2.24) is 4.98 Å². The number of hydrogen-bond donors (Lipinski definition) is 0. The zero-order chi connectivity index (χ0) is 15.9. The SMILES string of the molecule is [Ir].[c-]1ccccc1-c1cc2c3ccccc3c3ccccc3c2cn1. The predicted octanol–water partition coefficient (Wildman–Crippen LogP) is 6.01. The zero-order valence-electron chi connectivity index (χ0n) is 13.4. The molecule has 2 heteroatoms. The predicted molar refractivity (Wildman–Crippen MR) is 101 cm³/mol. The third kappa shape index (κ3) is 2.55. The van der Waals surface area contributed by atoms with E-state index in [0.717, 1.165) is 11.3 Å². The number of rotatable bonds is 1. The molecule has 25 heavy (non-hydrogen) atoms. The van der Waals surface area contributed by atoms with Crippen molar-refractivity contribution in [3.8, 4) is 11.3 Å². The van der Waals surface area contributed by atoms with E-state index in [1.165, 1.54) is 32.3 Å². The Morgan fingerprint density at radius 3 is 1.76 bits per heavy atom. The molecule has 1 aromatic heterocycles. The first-order valence-corrected chi connectivity index (χ1v) is 8.08. The summed E-state index contributed by atoms with van der Waals surface area (Å²) in [5, 5.41) is 7.53. The van der Waals surface area contributed by atoms with E-state index in [0.29, 0.717) is 0 Å². The standard InChI is InChI=1S/C23H14N.Ir/c1-2-8-16(9-3-1)23-14-21-19-12-6-4-10-17(19)18-11-5-7-13-20(18)22(21)15-24-23;/h1-8,10-15H;/q-1;. The van der Waals surface area contributed by atoms with Crippen molar-refractivity contribution in [3.05, 3.63) is 91.1 Å². The van der Waals surface area contributed by atoms with Crippen LogP contribution in [0, 0.1) is 6.07 Å². The van der Waals surface area contributed by atoms with Crippen LogP contribution in [0.15, 0.2) is 85.1 Å². The monoisotopic (exact) mass is 497 g/mol. The molecule has 0 bridgehead atoms. The molecule has 0 saturated carbocycles. The molecule has 4 aromatic carbocycles. The largest absolute Gasteiger partial charge is 0.304 e. The van der Waals surface area contributed by atoms with Crippen LogP contribution >= 0.6 is 0 Å². The average molecular weight is 497 g/mol. The van der Waals surface area contributed by atoms with Crippen LogP contribution in [-0.2, 0) is 20.1 Å². The van der Waals surface area contributed by atoms with Crippen molar-refractivity contribution >= 4 is 32.3 Å². The average Bonchev–Trinajstić information content (AvgIpc) is 2.68. The summed E-state index contributed by atoms with van der Waals surface area (Å²) in [6, 6.07) is 30.6. The van der Waals surface area contributed by atoms with Crippen molar-refractivity contribution < 1.29 is 20.1 Å². The van der Waals surface area contributed by atoms with Gasteiger partial charge in [0, 0.05) is 31.7 Å². The quantitative estimate of drug-likeness (QED) is 0.205. The van der Waals surface area contributed by atoms with Gasteiger partial charge in [-0.25, -0.2) is 0 Å². The fourth-order valence-corrected chi connectivity index (χ4v) is 3.50. The van der Waals surface area contributed by atoms with Gasteiger partial charge in [0.2, 0.25) is 0 Å². The molecule has 1 radical (unpaired) electrons. The molecule has 0 aliphatic carbocycles. The van der Waals surface area contributed by atoms with Gasteiger partial charge in [0.15, 0.2) is 0 Å². The molecule has 0 aliphatic rings. The fraction of sp³-hybridized carbons (Fsp3) is 0. The molecule has 0 fully saturated rings. The molecular formula is C23H14IrN-. The fourth-order valence-electron chi connectivity index (χ4n) is 3.50. The van der Waals surface area contributed by atoms with E-state index in [-0.39, 0.29) is 20.1 Å². The molecule has 1 nitrogen and oxygen atoms in total. The molecule has 0 atom stereocenters. The summed E-state index contributed by atoms with van der Waals surface area (Å²) in [7, 11) is 0. The maximum absolute atomic E-state index is 4.70. The Morgan fingerprint density at radius 1 is 0.600 bits per heavy atom. The normalized spacial score (nSPS) is 10.9. The number of benzene rings is 4. The number of hydrogen-bond acceptors (Lipinski definition) is 1. The third-order valence-corrected chi connectivity index (χ3v) is 4.61. The first-order valence-electron chi connectivity index (χ1n) is 8.08. The van der Waals surface area contributed by atoms with Crippen LogP contribution in [-0.4, -0.2) is 4.98 Å².